The molecule has 0 radical (unpaired) electrons. The molecule has 1 atom stereocenters. The van der Waals surface area contributed by atoms with Gasteiger partial charge >= 0.3 is 0 Å². The SMILES string of the molecule is COc1cc(C(=O)N[C@H]2CCCNC2)ccc1Nc1ncc2c(n1)N(C1CCCC1)CC(C)(C)C(=O)N2C. The molecule has 0 spiro atoms. The zero-order chi connectivity index (χ0) is 26.9. The number of nitrogens with zero attached hydrogens (tertiary/aromatic N) is 4. The molecule has 1 saturated carbocycles. The summed E-state index contributed by atoms with van der Waals surface area (Å²) in [5.74, 6) is 1.65. The molecule has 5 rings (SSSR count). The molecular formula is C28H39N7O3. The van der Waals surface area contributed by atoms with Crippen LogP contribution in [0, 0.1) is 5.41 Å². The van der Waals surface area contributed by atoms with Crippen LogP contribution in [0.2, 0.25) is 0 Å². The van der Waals surface area contributed by atoms with Gasteiger partial charge in [0, 0.05) is 37.8 Å². The summed E-state index contributed by atoms with van der Waals surface area (Å²) < 4.78 is 5.62. The van der Waals surface area contributed by atoms with Gasteiger partial charge in [0.05, 0.1) is 24.4 Å². The molecule has 2 aliphatic heterocycles. The predicted octanol–water partition coefficient (Wildman–Crippen LogP) is 3.46. The van der Waals surface area contributed by atoms with Crippen LogP contribution in [0.25, 0.3) is 0 Å². The summed E-state index contributed by atoms with van der Waals surface area (Å²) in [6, 6.07) is 5.80. The molecule has 0 unspecified atom stereocenters. The molecule has 3 N–H and O–H groups in total. The highest BCUT2D eigenvalue weighted by Gasteiger charge is 2.41. The summed E-state index contributed by atoms with van der Waals surface area (Å²) in [6.07, 6.45) is 8.30. The van der Waals surface area contributed by atoms with Gasteiger partial charge in [-0.3, -0.25) is 9.59 Å². The number of rotatable bonds is 6. The number of carbonyl (C=O) groups excluding carboxylic acids is 2. The molecule has 1 saturated heterocycles. The largest absolute Gasteiger partial charge is 0.495 e. The minimum Gasteiger partial charge on any atom is -0.495 e. The van der Waals surface area contributed by atoms with Gasteiger partial charge in [-0.25, -0.2) is 4.98 Å². The Morgan fingerprint density at radius 3 is 2.68 bits per heavy atom. The van der Waals surface area contributed by atoms with Crippen LogP contribution in [0.3, 0.4) is 0 Å². The second-order valence-corrected chi connectivity index (χ2v) is 11.3. The summed E-state index contributed by atoms with van der Waals surface area (Å²) in [4.78, 5) is 39.5. The van der Waals surface area contributed by atoms with E-state index >= 15 is 0 Å². The fraction of sp³-hybridized carbons (Fsp3) is 0.571. The minimum atomic E-state index is -0.543. The first-order chi connectivity index (χ1) is 18.3. The molecule has 3 aliphatic rings. The van der Waals surface area contributed by atoms with Crippen LogP contribution in [0.4, 0.5) is 23.1 Å². The van der Waals surface area contributed by atoms with Gasteiger partial charge < -0.3 is 30.5 Å². The monoisotopic (exact) mass is 521 g/mol. The van der Waals surface area contributed by atoms with Crippen LogP contribution in [-0.4, -0.2) is 67.7 Å². The van der Waals surface area contributed by atoms with E-state index in [1.165, 1.54) is 12.8 Å². The lowest BCUT2D eigenvalue weighted by atomic mass is 9.91. The summed E-state index contributed by atoms with van der Waals surface area (Å²) in [7, 11) is 3.38. The molecule has 1 aromatic carbocycles. The Balaban J connectivity index is 1.41. The molecule has 10 heteroatoms. The van der Waals surface area contributed by atoms with Crippen LogP contribution in [0.1, 0.15) is 62.7 Å². The van der Waals surface area contributed by atoms with E-state index in [2.05, 4.69) is 25.8 Å². The molecule has 38 heavy (non-hydrogen) atoms. The average molecular weight is 522 g/mol. The topological polar surface area (TPSA) is 112 Å². The van der Waals surface area contributed by atoms with Crippen LogP contribution in [0.15, 0.2) is 24.4 Å². The van der Waals surface area contributed by atoms with Crippen molar-refractivity contribution in [1.82, 2.24) is 20.6 Å². The van der Waals surface area contributed by atoms with E-state index in [0.29, 0.717) is 41.2 Å². The minimum absolute atomic E-state index is 0.0584. The van der Waals surface area contributed by atoms with Crippen molar-refractivity contribution >= 4 is 35.0 Å². The molecular weight excluding hydrogens is 482 g/mol. The van der Waals surface area contributed by atoms with Gasteiger partial charge in [-0.05, 0) is 64.3 Å². The van der Waals surface area contributed by atoms with Crippen molar-refractivity contribution in [2.24, 2.45) is 5.41 Å². The average Bonchev–Trinajstić information content (AvgIpc) is 3.44. The first-order valence-corrected chi connectivity index (χ1v) is 13.7. The van der Waals surface area contributed by atoms with Crippen LogP contribution < -0.4 is 30.5 Å². The van der Waals surface area contributed by atoms with Gasteiger partial charge in [-0.15, -0.1) is 0 Å². The van der Waals surface area contributed by atoms with Crippen LogP contribution in [0.5, 0.6) is 5.75 Å². The molecule has 3 heterocycles. The van der Waals surface area contributed by atoms with Gasteiger partial charge in [0.2, 0.25) is 11.9 Å². The maximum Gasteiger partial charge on any atom is 0.251 e. The number of anilines is 4. The van der Waals surface area contributed by atoms with Gasteiger partial charge in [-0.2, -0.15) is 4.98 Å². The van der Waals surface area contributed by atoms with Gasteiger partial charge in [0.15, 0.2) is 5.82 Å². The zero-order valence-electron chi connectivity index (χ0n) is 22.8. The number of benzene rings is 1. The Kier molecular flexibility index (Phi) is 7.43. The van der Waals surface area contributed by atoms with Gasteiger partial charge in [0.25, 0.3) is 5.91 Å². The second kappa shape index (κ2) is 10.8. The summed E-state index contributed by atoms with van der Waals surface area (Å²) >= 11 is 0. The number of aromatic nitrogens is 2. The molecule has 10 nitrogen and oxygen atoms in total. The molecule has 2 amide bonds. The highest BCUT2D eigenvalue weighted by molar-refractivity contribution is 6.01. The lowest BCUT2D eigenvalue weighted by Crippen LogP contribution is -2.45. The third-order valence-corrected chi connectivity index (χ3v) is 7.94. The lowest BCUT2D eigenvalue weighted by molar-refractivity contribution is -0.125. The van der Waals surface area contributed by atoms with E-state index in [1.54, 1.807) is 37.4 Å². The number of carbonyl (C=O) groups is 2. The van der Waals surface area contributed by atoms with Crippen LogP contribution >= 0.6 is 0 Å². The molecule has 0 bridgehead atoms. The number of methoxy groups -OCH3 is 1. The maximum atomic E-state index is 13.2. The number of amides is 2. The van der Waals surface area contributed by atoms with Gasteiger partial charge in [0.1, 0.15) is 11.4 Å². The highest BCUT2D eigenvalue weighted by Crippen LogP contribution is 2.40. The Morgan fingerprint density at radius 1 is 1.18 bits per heavy atom. The van der Waals surface area contributed by atoms with E-state index in [4.69, 9.17) is 9.72 Å². The van der Waals surface area contributed by atoms with E-state index in [0.717, 1.165) is 44.6 Å². The Labute approximate surface area is 224 Å². The third kappa shape index (κ3) is 5.27. The van der Waals surface area contributed by atoms with Crippen molar-refractivity contribution in [3.05, 3.63) is 30.0 Å². The fourth-order valence-corrected chi connectivity index (χ4v) is 5.82. The Bertz CT molecular complexity index is 1190. The van der Waals surface area contributed by atoms with E-state index in [9.17, 15) is 9.59 Å². The Morgan fingerprint density at radius 2 is 1.97 bits per heavy atom. The van der Waals surface area contributed by atoms with E-state index in [1.807, 2.05) is 19.9 Å². The van der Waals surface area contributed by atoms with Crippen molar-refractivity contribution in [1.29, 1.82) is 0 Å². The number of piperidine rings is 1. The zero-order valence-corrected chi connectivity index (χ0v) is 22.8. The molecule has 204 valence electrons. The smallest absolute Gasteiger partial charge is 0.251 e. The maximum absolute atomic E-state index is 13.2. The van der Waals surface area contributed by atoms with Crippen molar-refractivity contribution in [3.63, 3.8) is 0 Å². The third-order valence-electron chi connectivity index (χ3n) is 7.94. The molecule has 1 aromatic heterocycles. The summed E-state index contributed by atoms with van der Waals surface area (Å²) in [6.45, 7) is 6.38. The molecule has 2 fully saturated rings. The van der Waals surface area contributed by atoms with E-state index < -0.39 is 5.41 Å². The quantitative estimate of drug-likeness (QED) is 0.530. The van der Waals surface area contributed by atoms with Crippen molar-refractivity contribution in [2.75, 3.05) is 48.9 Å². The summed E-state index contributed by atoms with van der Waals surface area (Å²) in [5, 5.41) is 9.70. The number of ether oxygens (including phenoxy) is 1. The first-order valence-electron chi connectivity index (χ1n) is 13.7. The second-order valence-electron chi connectivity index (χ2n) is 11.3. The molecule has 1 aliphatic carbocycles. The first kappa shape index (κ1) is 26.2. The normalized spacial score (nSPS) is 21.6. The number of hydrogen-bond donors (Lipinski definition) is 3. The number of hydrogen-bond acceptors (Lipinski definition) is 8. The van der Waals surface area contributed by atoms with Crippen molar-refractivity contribution < 1.29 is 14.3 Å². The van der Waals surface area contributed by atoms with Crippen molar-refractivity contribution in [2.45, 2.75) is 64.5 Å². The van der Waals surface area contributed by atoms with Crippen molar-refractivity contribution in [3.8, 4) is 5.75 Å². The molecule has 2 aromatic rings. The number of fused-ring (bicyclic) bond motifs is 1. The Hall–Kier alpha value is -3.40. The summed E-state index contributed by atoms with van der Waals surface area (Å²) in [5.41, 5.74) is 1.37. The fourth-order valence-electron chi connectivity index (χ4n) is 5.82. The predicted molar refractivity (Wildman–Crippen MR) is 148 cm³/mol. The van der Waals surface area contributed by atoms with Gasteiger partial charge in [-0.1, -0.05) is 12.8 Å². The highest BCUT2D eigenvalue weighted by atomic mass is 16.5. The number of nitrogens with one attached hydrogen (secondary N) is 3. The standard InChI is InChI=1S/C28H39N7O3/c1-28(2)17-35(20-9-5-6-10-20)24-22(34(3)26(28)37)16-30-27(33-24)32-21-12-11-18(14-23(21)38-4)25(36)31-19-8-7-13-29-15-19/h11-12,14,16,19-20,29H,5-10,13,15,17H2,1-4H3,(H,31,36)(H,30,32,33)/t19-/m0/s1. The van der Waals surface area contributed by atoms with Crippen LogP contribution in [-0.2, 0) is 4.79 Å². The lowest BCUT2D eigenvalue weighted by Gasteiger charge is -2.34. The van der Waals surface area contributed by atoms with E-state index in [-0.39, 0.29) is 17.9 Å².